The molecule has 9 heteroatoms. The van der Waals surface area contributed by atoms with Crippen molar-refractivity contribution in [1.82, 2.24) is 0 Å². The van der Waals surface area contributed by atoms with Gasteiger partial charge in [-0.15, -0.1) is 0 Å². The number of carbonyl (C=O) groups excluding carboxylic acids is 2. The van der Waals surface area contributed by atoms with E-state index in [4.69, 9.17) is 24.4 Å². The summed E-state index contributed by atoms with van der Waals surface area (Å²) in [5.74, 6) is -2.38. The molecule has 0 amide bonds. The van der Waals surface area contributed by atoms with Crippen LogP contribution < -0.4 is 4.74 Å². The molecule has 0 unspecified atom stereocenters. The van der Waals surface area contributed by atoms with Crippen molar-refractivity contribution in [1.29, 1.82) is 0 Å². The predicted molar refractivity (Wildman–Crippen MR) is 123 cm³/mol. The lowest BCUT2D eigenvalue weighted by molar-refractivity contribution is 0.0449. The molecule has 0 aromatic heterocycles. The average molecular weight is 478 g/mol. The van der Waals surface area contributed by atoms with E-state index < -0.39 is 23.9 Å². The van der Waals surface area contributed by atoms with E-state index in [1.165, 1.54) is 30.3 Å². The Morgan fingerprint density at radius 1 is 0.629 bits per heavy atom. The summed E-state index contributed by atoms with van der Waals surface area (Å²) in [5, 5.41) is 16.9. The van der Waals surface area contributed by atoms with E-state index in [-0.39, 0.29) is 30.9 Å². The van der Waals surface area contributed by atoms with Gasteiger partial charge in [-0.2, -0.15) is 0 Å². The second kappa shape index (κ2) is 12.0. The Labute approximate surface area is 200 Å². The molecule has 3 aromatic rings. The van der Waals surface area contributed by atoms with Gasteiger partial charge < -0.3 is 24.4 Å². The van der Waals surface area contributed by atoms with E-state index in [9.17, 15) is 19.2 Å². The van der Waals surface area contributed by atoms with Crippen molar-refractivity contribution >= 4 is 23.9 Å². The Morgan fingerprint density at radius 3 is 1.71 bits per heavy atom. The van der Waals surface area contributed by atoms with E-state index in [1.54, 1.807) is 18.2 Å². The monoisotopic (exact) mass is 478 g/mol. The number of ether oxygens (including phenoxy) is 3. The lowest BCUT2D eigenvalue weighted by Gasteiger charge is -2.08. The maximum Gasteiger partial charge on any atom is 0.338 e. The number of hydrogen-bond donors (Lipinski definition) is 2. The third-order valence-electron chi connectivity index (χ3n) is 4.82. The molecule has 4 bridgehead atoms. The molecule has 0 spiro atoms. The van der Waals surface area contributed by atoms with Crippen LogP contribution in [-0.2, 0) is 15.9 Å². The molecule has 0 atom stereocenters. The zero-order valence-corrected chi connectivity index (χ0v) is 18.5. The molecule has 3 aromatic carbocycles. The first-order valence-corrected chi connectivity index (χ1v) is 10.6. The highest BCUT2D eigenvalue weighted by Gasteiger charge is 2.13. The van der Waals surface area contributed by atoms with Gasteiger partial charge in [-0.05, 0) is 60.2 Å². The van der Waals surface area contributed by atoms with Crippen LogP contribution in [0.1, 0.15) is 47.0 Å². The van der Waals surface area contributed by atoms with Crippen LogP contribution in [-0.4, -0.2) is 53.9 Å². The van der Waals surface area contributed by atoms with Crippen LogP contribution in [0.25, 0.3) is 0 Å². The lowest BCUT2D eigenvalue weighted by atomic mass is 10.1. The molecule has 35 heavy (non-hydrogen) atoms. The average Bonchev–Trinajstić information content (AvgIpc) is 2.87. The normalized spacial score (nSPS) is 13.4. The fourth-order valence-corrected chi connectivity index (χ4v) is 3.04. The summed E-state index contributed by atoms with van der Waals surface area (Å²) in [6, 6.07) is 18.9. The Hall–Kier alpha value is -4.66. The molecule has 1 heterocycles. The van der Waals surface area contributed by atoms with Gasteiger partial charge in [-0.3, -0.25) is 0 Å². The Bertz CT molecular complexity index is 1180. The summed E-state index contributed by atoms with van der Waals surface area (Å²) >= 11 is 0. The standard InChI is InChI=1S/C18H16O5.C8H6O4/c19-17-14-4-2-5-15(12-14)18(20)23-10-9-21-16-6-1-3-13(11-16)7-8-22-17;9-7(10)5-1-2-6(4-3-5)8(11)12/h1-6,11-12H,7-10H2;1-4H,(H,9,10)(H,11,12). The van der Waals surface area contributed by atoms with Gasteiger partial charge in [0, 0.05) is 6.42 Å². The van der Waals surface area contributed by atoms with Crippen molar-refractivity contribution in [2.45, 2.75) is 6.42 Å². The van der Waals surface area contributed by atoms with E-state index in [0.29, 0.717) is 23.3 Å². The molecule has 180 valence electrons. The molecule has 4 rings (SSSR count). The van der Waals surface area contributed by atoms with Gasteiger partial charge in [0.15, 0.2) is 0 Å². The molecule has 0 saturated heterocycles. The summed E-state index contributed by atoms with van der Waals surface area (Å²) in [6.45, 7) is 0.666. The molecular formula is C26H22O9. The summed E-state index contributed by atoms with van der Waals surface area (Å²) in [5.41, 5.74) is 1.82. The van der Waals surface area contributed by atoms with E-state index in [2.05, 4.69) is 0 Å². The second-order valence-corrected chi connectivity index (χ2v) is 7.29. The van der Waals surface area contributed by atoms with Crippen LogP contribution in [0, 0.1) is 0 Å². The van der Waals surface area contributed by atoms with Crippen LogP contribution >= 0.6 is 0 Å². The molecule has 1 aliphatic rings. The number of cyclic esters (lactones) is 2. The van der Waals surface area contributed by atoms with Crippen LogP contribution in [0.5, 0.6) is 5.75 Å². The van der Waals surface area contributed by atoms with E-state index in [1.807, 2.05) is 24.3 Å². The van der Waals surface area contributed by atoms with Gasteiger partial charge in [0.25, 0.3) is 0 Å². The maximum absolute atomic E-state index is 12.0. The van der Waals surface area contributed by atoms with Crippen molar-refractivity contribution in [2.24, 2.45) is 0 Å². The largest absolute Gasteiger partial charge is 0.490 e. The van der Waals surface area contributed by atoms with Crippen LogP contribution in [0.2, 0.25) is 0 Å². The Balaban J connectivity index is 0.000000241. The number of aromatic carboxylic acids is 2. The summed E-state index contributed by atoms with van der Waals surface area (Å²) in [6.07, 6.45) is 0.595. The Kier molecular flexibility index (Phi) is 8.55. The Morgan fingerprint density at radius 2 is 1.14 bits per heavy atom. The molecular weight excluding hydrogens is 456 g/mol. The quantitative estimate of drug-likeness (QED) is 0.528. The molecule has 0 radical (unpaired) electrons. The fraction of sp³-hybridized carbons (Fsp3) is 0.154. The zero-order chi connectivity index (χ0) is 25.2. The van der Waals surface area contributed by atoms with E-state index in [0.717, 1.165) is 5.56 Å². The third-order valence-corrected chi connectivity index (χ3v) is 4.82. The maximum atomic E-state index is 12.0. The van der Waals surface area contributed by atoms with Crippen LogP contribution in [0.4, 0.5) is 0 Å². The SMILES string of the molecule is O=C(O)c1ccc(C(=O)O)cc1.O=C1OCCOc2cccc(c2)CCOC(=O)c2cccc1c2. The lowest BCUT2D eigenvalue weighted by Crippen LogP contribution is -2.13. The van der Waals surface area contributed by atoms with Gasteiger partial charge in [-0.25, -0.2) is 19.2 Å². The molecule has 2 N–H and O–H groups in total. The highest BCUT2D eigenvalue weighted by atomic mass is 16.6. The number of rotatable bonds is 2. The summed E-state index contributed by atoms with van der Waals surface area (Å²) in [7, 11) is 0. The number of carbonyl (C=O) groups is 4. The molecule has 0 aliphatic carbocycles. The summed E-state index contributed by atoms with van der Waals surface area (Å²) in [4.78, 5) is 44.7. The van der Waals surface area contributed by atoms with Gasteiger partial charge in [0.2, 0.25) is 0 Å². The van der Waals surface area contributed by atoms with Crippen LogP contribution in [0.15, 0.2) is 72.8 Å². The molecule has 1 aliphatic heterocycles. The number of fused-ring (bicyclic) bond motifs is 4. The summed E-state index contributed by atoms with van der Waals surface area (Å²) < 4.78 is 16.0. The third kappa shape index (κ3) is 7.43. The molecule has 9 nitrogen and oxygen atoms in total. The minimum atomic E-state index is -1.06. The first-order chi connectivity index (χ1) is 16.8. The minimum absolute atomic E-state index is 0.0833. The minimum Gasteiger partial charge on any atom is -0.490 e. The van der Waals surface area contributed by atoms with Crippen molar-refractivity contribution in [3.05, 3.63) is 101 Å². The smallest absolute Gasteiger partial charge is 0.338 e. The fourth-order valence-electron chi connectivity index (χ4n) is 3.04. The van der Waals surface area contributed by atoms with E-state index >= 15 is 0 Å². The first-order valence-electron chi connectivity index (χ1n) is 10.6. The number of carboxylic acids is 2. The van der Waals surface area contributed by atoms with Gasteiger partial charge in [0.05, 0.1) is 28.9 Å². The number of carboxylic acid groups (broad SMARTS) is 2. The van der Waals surface area contributed by atoms with Gasteiger partial charge in [0.1, 0.15) is 19.0 Å². The van der Waals surface area contributed by atoms with Crippen molar-refractivity contribution in [3.8, 4) is 5.75 Å². The highest BCUT2D eigenvalue weighted by molar-refractivity contribution is 5.95. The molecule has 0 saturated carbocycles. The van der Waals surface area contributed by atoms with Crippen LogP contribution in [0.3, 0.4) is 0 Å². The zero-order valence-electron chi connectivity index (χ0n) is 18.5. The van der Waals surface area contributed by atoms with Gasteiger partial charge >= 0.3 is 23.9 Å². The first kappa shape index (κ1) is 25.0. The van der Waals surface area contributed by atoms with Crippen molar-refractivity contribution < 1.29 is 43.6 Å². The molecule has 0 fully saturated rings. The number of esters is 2. The second-order valence-electron chi connectivity index (χ2n) is 7.29. The van der Waals surface area contributed by atoms with Crippen molar-refractivity contribution in [3.63, 3.8) is 0 Å². The number of benzene rings is 3. The van der Waals surface area contributed by atoms with Crippen molar-refractivity contribution in [2.75, 3.05) is 19.8 Å². The topological polar surface area (TPSA) is 136 Å². The highest BCUT2D eigenvalue weighted by Crippen LogP contribution is 2.15. The van der Waals surface area contributed by atoms with Gasteiger partial charge in [-0.1, -0.05) is 18.2 Å². The number of hydrogen-bond acceptors (Lipinski definition) is 7. The predicted octanol–water partition coefficient (Wildman–Crippen LogP) is 3.72.